The maximum Gasteiger partial charge on any atom is 0.245 e. The van der Waals surface area contributed by atoms with E-state index in [4.69, 9.17) is 5.73 Å². The first-order valence-electron chi connectivity index (χ1n) is 5.56. The quantitative estimate of drug-likeness (QED) is 0.789. The van der Waals surface area contributed by atoms with Crippen molar-refractivity contribution in [3.63, 3.8) is 0 Å². The molecule has 5 nitrogen and oxygen atoms in total. The Morgan fingerprint density at radius 3 is 2.61 bits per heavy atom. The highest BCUT2D eigenvalue weighted by molar-refractivity contribution is 7.89. The molecule has 3 N–H and O–H groups in total. The lowest BCUT2D eigenvalue weighted by Gasteiger charge is -2.44. The average Bonchev–Trinajstić information content (AvgIpc) is 2.24. The fourth-order valence-corrected chi connectivity index (χ4v) is 3.59. The Bertz CT molecular complexity index is 568. The minimum absolute atomic E-state index is 0.0443. The number of β-amino-alcohol motifs (C(OH)–C–C–N with tert-alkyl or cyclic N) is 1. The summed E-state index contributed by atoms with van der Waals surface area (Å²) in [7, 11) is -3.75. The van der Waals surface area contributed by atoms with Crippen molar-refractivity contribution in [1.29, 1.82) is 0 Å². The summed E-state index contributed by atoms with van der Waals surface area (Å²) in [5.74, 6) is -0.583. The van der Waals surface area contributed by atoms with Crippen LogP contribution in [0.5, 0.6) is 0 Å². The Hall–Kier alpha value is -1.18. The molecule has 0 aromatic heterocycles. The van der Waals surface area contributed by atoms with E-state index in [0.29, 0.717) is 6.42 Å². The van der Waals surface area contributed by atoms with E-state index in [1.54, 1.807) is 6.92 Å². The van der Waals surface area contributed by atoms with Crippen LogP contribution in [-0.2, 0) is 10.0 Å². The molecule has 1 heterocycles. The molecule has 0 radical (unpaired) electrons. The van der Waals surface area contributed by atoms with E-state index in [0.717, 1.165) is 22.5 Å². The predicted molar refractivity (Wildman–Crippen MR) is 64.8 cm³/mol. The number of anilines is 1. The Morgan fingerprint density at radius 2 is 2.11 bits per heavy atom. The summed E-state index contributed by atoms with van der Waals surface area (Å²) in [5, 5.41) is 9.82. The second kappa shape index (κ2) is 4.18. The summed E-state index contributed by atoms with van der Waals surface area (Å²) in [6.45, 7) is 1.88. The van der Waals surface area contributed by atoms with Gasteiger partial charge in [0.25, 0.3) is 0 Å². The second-order valence-corrected chi connectivity index (χ2v) is 6.44. The van der Waals surface area contributed by atoms with Crippen LogP contribution in [0.15, 0.2) is 23.1 Å². The Kier molecular flexibility index (Phi) is 3.08. The molecule has 1 aromatic carbocycles. The van der Waals surface area contributed by atoms with Crippen LogP contribution < -0.4 is 5.73 Å². The van der Waals surface area contributed by atoms with E-state index in [2.05, 4.69) is 0 Å². The van der Waals surface area contributed by atoms with Gasteiger partial charge in [-0.05, 0) is 24.6 Å². The lowest BCUT2D eigenvalue weighted by Crippen LogP contribution is -2.62. The molecule has 0 aliphatic carbocycles. The zero-order valence-electron chi connectivity index (χ0n) is 9.93. The summed E-state index contributed by atoms with van der Waals surface area (Å²) in [6.07, 6.45) is 0.484. The van der Waals surface area contributed by atoms with Crippen LogP contribution in [0.3, 0.4) is 0 Å². The van der Waals surface area contributed by atoms with Crippen LogP contribution in [0.1, 0.15) is 13.3 Å². The van der Waals surface area contributed by atoms with E-state index >= 15 is 0 Å². The number of rotatable bonds is 3. The molecule has 7 heteroatoms. The summed E-state index contributed by atoms with van der Waals surface area (Å²) >= 11 is 0. The largest absolute Gasteiger partial charge is 0.398 e. The number of sulfonamides is 1. The molecule has 0 saturated carbocycles. The standard InChI is InChI=1S/C11H15FN2O3S/c1-2-11(15)6-14(7-11)18(16,17)10-4-3-8(12)5-9(10)13/h3-5,15H,2,6-7,13H2,1H3. The van der Waals surface area contributed by atoms with Gasteiger partial charge in [-0.2, -0.15) is 4.31 Å². The molecule has 1 aromatic rings. The van der Waals surface area contributed by atoms with Crippen LogP contribution in [-0.4, -0.2) is 36.5 Å². The van der Waals surface area contributed by atoms with E-state index < -0.39 is 21.4 Å². The molecule has 1 fully saturated rings. The topological polar surface area (TPSA) is 83.6 Å². The van der Waals surface area contributed by atoms with Crippen molar-refractivity contribution < 1.29 is 17.9 Å². The normalized spacial score (nSPS) is 19.5. The van der Waals surface area contributed by atoms with E-state index in [-0.39, 0.29) is 23.7 Å². The number of benzene rings is 1. The van der Waals surface area contributed by atoms with Crippen molar-refractivity contribution in [2.24, 2.45) is 0 Å². The van der Waals surface area contributed by atoms with Gasteiger partial charge in [0.15, 0.2) is 0 Å². The van der Waals surface area contributed by atoms with Gasteiger partial charge in [0.2, 0.25) is 10.0 Å². The first-order valence-corrected chi connectivity index (χ1v) is 7.00. The van der Waals surface area contributed by atoms with Crippen molar-refractivity contribution in [3.05, 3.63) is 24.0 Å². The summed E-state index contributed by atoms with van der Waals surface area (Å²) < 4.78 is 38.3. The summed E-state index contributed by atoms with van der Waals surface area (Å²) in [5.41, 5.74) is 4.44. The second-order valence-electron chi connectivity index (χ2n) is 4.53. The summed E-state index contributed by atoms with van der Waals surface area (Å²) in [6, 6.07) is 3.16. The highest BCUT2D eigenvalue weighted by Crippen LogP contribution is 2.32. The number of hydrogen-bond donors (Lipinski definition) is 2. The van der Waals surface area contributed by atoms with Crippen LogP contribution in [0.2, 0.25) is 0 Å². The van der Waals surface area contributed by atoms with Crippen LogP contribution in [0.25, 0.3) is 0 Å². The molecule has 18 heavy (non-hydrogen) atoms. The fraction of sp³-hybridized carbons (Fsp3) is 0.455. The number of hydrogen-bond acceptors (Lipinski definition) is 4. The Labute approximate surface area is 105 Å². The molecule has 0 atom stereocenters. The number of nitrogens with two attached hydrogens (primary N) is 1. The molecule has 2 rings (SSSR count). The average molecular weight is 274 g/mol. The molecule has 1 aliphatic rings. The number of halogens is 1. The Morgan fingerprint density at radius 1 is 1.50 bits per heavy atom. The molecular formula is C11H15FN2O3S. The first kappa shape index (κ1) is 13.3. The SMILES string of the molecule is CCC1(O)CN(S(=O)(=O)c2ccc(F)cc2N)C1. The van der Waals surface area contributed by atoms with Crippen molar-refractivity contribution in [1.82, 2.24) is 4.31 Å². The van der Waals surface area contributed by atoms with Gasteiger partial charge in [-0.15, -0.1) is 0 Å². The molecule has 0 spiro atoms. The zero-order valence-corrected chi connectivity index (χ0v) is 10.7. The third-order valence-corrected chi connectivity index (χ3v) is 5.05. The lowest BCUT2D eigenvalue weighted by molar-refractivity contribution is -0.0613. The molecule has 0 unspecified atom stereocenters. The van der Waals surface area contributed by atoms with E-state index in [1.165, 1.54) is 0 Å². The highest BCUT2D eigenvalue weighted by Gasteiger charge is 2.46. The molecule has 1 saturated heterocycles. The van der Waals surface area contributed by atoms with E-state index in [9.17, 15) is 17.9 Å². The maximum absolute atomic E-state index is 12.9. The van der Waals surface area contributed by atoms with Gasteiger partial charge < -0.3 is 10.8 Å². The van der Waals surface area contributed by atoms with Crippen LogP contribution in [0.4, 0.5) is 10.1 Å². The molecule has 0 amide bonds. The highest BCUT2D eigenvalue weighted by atomic mass is 32.2. The lowest BCUT2D eigenvalue weighted by atomic mass is 9.94. The first-order chi connectivity index (χ1) is 8.28. The zero-order chi connectivity index (χ0) is 13.6. The van der Waals surface area contributed by atoms with Gasteiger partial charge in [0.1, 0.15) is 10.7 Å². The van der Waals surface area contributed by atoms with Gasteiger partial charge >= 0.3 is 0 Å². The number of nitrogens with zero attached hydrogens (tertiary/aromatic N) is 1. The molecule has 1 aliphatic heterocycles. The Balaban J connectivity index is 2.28. The fourth-order valence-electron chi connectivity index (χ4n) is 1.90. The van der Waals surface area contributed by atoms with E-state index in [1.807, 2.05) is 0 Å². The number of aliphatic hydroxyl groups is 1. The van der Waals surface area contributed by atoms with Gasteiger partial charge in [-0.25, -0.2) is 12.8 Å². The van der Waals surface area contributed by atoms with Crippen LogP contribution >= 0.6 is 0 Å². The molecular weight excluding hydrogens is 259 g/mol. The molecule has 0 bridgehead atoms. The molecule has 100 valence electrons. The van der Waals surface area contributed by atoms with Gasteiger partial charge in [0, 0.05) is 13.1 Å². The smallest absolute Gasteiger partial charge is 0.245 e. The van der Waals surface area contributed by atoms with Gasteiger partial charge in [0.05, 0.1) is 11.3 Å². The van der Waals surface area contributed by atoms with Gasteiger partial charge in [-0.1, -0.05) is 6.92 Å². The summed E-state index contributed by atoms with van der Waals surface area (Å²) in [4.78, 5) is -0.123. The van der Waals surface area contributed by atoms with Crippen molar-refractivity contribution in [3.8, 4) is 0 Å². The third kappa shape index (κ3) is 2.09. The minimum atomic E-state index is -3.75. The number of nitrogen functional groups attached to an aromatic ring is 1. The monoisotopic (exact) mass is 274 g/mol. The van der Waals surface area contributed by atoms with Crippen molar-refractivity contribution in [2.75, 3.05) is 18.8 Å². The third-order valence-electron chi connectivity index (χ3n) is 3.19. The minimum Gasteiger partial charge on any atom is -0.398 e. The van der Waals surface area contributed by atoms with Gasteiger partial charge in [-0.3, -0.25) is 0 Å². The van der Waals surface area contributed by atoms with Crippen molar-refractivity contribution >= 4 is 15.7 Å². The van der Waals surface area contributed by atoms with Crippen molar-refractivity contribution in [2.45, 2.75) is 23.8 Å². The predicted octanol–water partition coefficient (Wildman–Crippen LogP) is 0.553. The maximum atomic E-state index is 12.9. The van der Waals surface area contributed by atoms with Crippen LogP contribution in [0, 0.1) is 5.82 Å².